The summed E-state index contributed by atoms with van der Waals surface area (Å²) in [6, 6.07) is 67.4. The monoisotopic (exact) mass is 669 g/mol. The highest BCUT2D eigenvalue weighted by molar-refractivity contribution is 7.25. The van der Waals surface area contributed by atoms with Gasteiger partial charge in [0.2, 0.25) is 0 Å². The van der Waals surface area contributed by atoms with E-state index in [1.165, 1.54) is 42.4 Å². The van der Waals surface area contributed by atoms with Crippen LogP contribution in [0.15, 0.2) is 192 Å². The minimum absolute atomic E-state index is 0.872. The van der Waals surface area contributed by atoms with Gasteiger partial charge in [-0.25, -0.2) is 0 Å². The van der Waals surface area contributed by atoms with Crippen molar-refractivity contribution in [3.8, 4) is 33.4 Å². The molecule has 2 aromatic heterocycles. The van der Waals surface area contributed by atoms with Gasteiger partial charge in [0.1, 0.15) is 11.2 Å². The van der Waals surface area contributed by atoms with Crippen molar-refractivity contribution in [1.82, 2.24) is 0 Å². The van der Waals surface area contributed by atoms with Crippen molar-refractivity contribution in [3.63, 3.8) is 0 Å². The normalized spacial score (nSPS) is 11.5. The van der Waals surface area contributed by atoms with Gasteiger partial charge in [0.15, 0.2) is 0 Å². The Morgan fingerprint density at radius 3 is 1.80 bits per heavy atom. The molecule has 8 aromatic carbocycles. The Kier molecular flexibility index (Phi) is 7.04. The minimum atomic E-state index is 0.872. The van der Waals surface area contributed by atoms with Crippen LogP contribution < -0.4 is 4.90 Å². The summed E-state index contributed by atoms with van der Waals surface area (Å²) >= 11 is 1.85. The van der Waals surface area contributed by atoms with Crippen molar-refractivity contribution in [1.29, 1.82) is 0 Å². The Balaban J connectivity index is 1.28. The number of para-hydroxylation sites is 1. The van der Waals surface area contributed by atoms with E-state index in [2.05, 4.69) is 187 Å². The van der Waals surface area contributed by atoms with Crippen LogP contribution in [0.3, 0.4) is 0 Å². The highest BCUT2D eigenvalue weighted by atomic mass is 32.1. The molecule has 10 aromatic rings. The van der Waals surface area contributed by atoms with Gasteiger partial charge in [-0.05, 0) is 76.3 Å². The maximum Gasteiger partial charge on any atom is 0.136 e. The number of rotatable bonds is 6. The van der Waals surface area contributed by atoms with Crippen molar-refractivity contribution in [2.45, 2.75) is 0 Å². The van der Waals surface area contributed by atoms with E-state index in [9.17, 15) is 0 Å². The van der Waals surface area contributed by atoms with E-state index in [0.29, 0.717) is 0 Å². The summed E-state index contributed by atoms with van der Waals surface area (Å²) in [7, 11) is 0. The molecule has 0 fully saturated rings. The average molecular weight is 670 g/mol. The number of thiophene rings is 1. The molecule has 3 heteroatoms. The Morgan fingerprint density at radius 1 is 0.392 bits per heavy atom. The number of nitrogens with zero attached hydrogens (tertiary/aromatic N) is 1. The molecule has 0 aliphatic carbocycles. The standard InChI is InChI=1S/C48H31NOS/c1-3-13-32(14-4-1)33-23-25-35(26-24-33)49(36-27-28-39-38-18-10-12-22-45(38)51-46(39)31-36)42-29-30-44-48(41-20-9-11-21-43(41)50-44)47(42)40-19-8-7-17-37(40)34-15-5-2-6-16-34/h1-31H. The molecule has 240 valence electrons. The summed E-state index contributed by atoms with van der Waals surface area (Å²) in [5, 5.41) is 4.79. The number of hydrogen-bond acceptors (Lipinski definition) is 3. The molecular weight excluding hydrogens is 639 g/mol. The fourth-order valence-electron chi connectivity index (χ4n) is 7.55. The van der Waals surface area contributed by atoms with Crippen LogP contribution in [0.5, 0.6) is 0 Å². The van der Waals surface area contributed by atoms with Gasteiger partial charge in [-0.15, -0.1) is 11.3 Å². The maximum absolute atomic E-state index is 6.55. The third-order valence-electron chi connectivity index (χ3n) is 9.90. The first-order chi connectivity index (χ1) is 25.3. The summed E-state index contributed by atoms with van der Waals surface area (Å²) in [6.07, 6.45) is 0. The molecule has 0 spiro atoms. The number of anilines is 3. The molecule has 0 unspecified atom stereocenters. The predicted octanol–water partition coefficient (Wildman–Crippen LogP) is 14.4. The second-order valence-corrected chi connectivity index (χ2v) is 14.0. The van der Waals surface area contributed by atoms with Crippen LogP contribution in [0.1, 0.15) is 0 Å². The Morgan fingerprint density at radius 2 is 1.00 bits per heavy atom. The van der Waals surface area contributed by atoms with Crippen molar-refractivity contribution in [3.05, 3.63) is 188 Å². The molecule has 51 heavy (non-hydrogen) atoms. The van der Waals surface area contributed by atoms with Gasteiger partial charge < -0.3 is 9.32 Å². The van der Waals surface area contributed by atoms with Crippen LogP contribution in [0.2, 0.25) is 0 Å². The zero-order chi connectivity index (χ0) is 33.7. The summed E-state index contributed by atoms with van der Waals surface area (Å²) in [5.74, 6) is 0. The molecule has 0 bridgehead atoms. The maximum atomic E-state index is 6.55. The molecule has 2 heterocycles. The molecule has 0 saturated carbocycles. The van der Waals surface area contributed by atoms with Crippen molar-refractivity contribution in [2.75, 3.05) is 4.90 Å². The van der Waals surface area contributed by atoms with E-state index in [-0.39, 0.29) is 0 Å². The van der Waals surface area contributed by atoms with Crippen LogP contribution >= 0.6 is 11.3 Å². The Bertz CT molecular complexity index is 2850. The third-order valence-corrected chi connectivity index (χ3v) is 11.0. The number of benzene rings is 8. The molecule has 0 aliphatic rings. The van der Waals surface area contributed by atoms with Gasteiger partial charge in [0.05, 0.1) is 5.69 Å². The SMILES string of the molecule is c1ccc(-c2ccc(N(c3ccc4c(c3)sc3ccccc34)c3ccc4oc5ccccc5c4c3-c3ccccc3-c3ccccc3)cc2)cc1. The third kappa shape index (κ3) is 5.01. The van der Waals surface area contributed by atoms with Gasteiger partial charge in [-0.1, -0.05) is 140 Å². The van der Waals surface area contributed by atoms with E-state index >= 15 is 0 Å². The molecule has 0 aliphatic heterocycles. The lowest BCUT2D eigenvalue weighted by Gasteiger charge is -2.29. The van der Waals surface area contributed by atoms with Gasteiger partial charge in [-0.2, -0.15) is 0 Å². The number of hydrogen-bond donors (Lipinski definition) is 0. The molecule has 0 radical (unpaired) electrons. The lowest BCUT2D eigenvalue weighted by atomic mass is 9.90. The highest BCUT2D eigenvalue weighted by Crippen LogP contribution is 2.50. The lowest BCUT2D eigenvalue weighted by molar-refractivity contribution is 0.669. The summed E-state index contributed by atoms with van der Waals surface area (Å²) in [6.45, 7) is 0. The molecule has 0 N–H and O–H groups in total. The quantitative estimate of drug-likeness (QED) is 0.175. The van der Waals surface area contributed by atoms with E-state index < -0.39 is 0 Å². The smallest absolute Gasteiger partial charge is 0.136 e. The van der Waals surface area contributed by atoms with Crippen molar-refractivity contribution >= 4 is 70.5 Å². The first-order valence-electron chi connectivity index (χ1n) is 17.3. The molecule has 10 rings (SSSR count). The molecule has 0 atom stereocenters. The van der Waals surface area contributed by atoms with E-state index in [1.807, 2.05) is 17.4 Å². The van der Waals surface area contributed by atoms with Crippen molar-refractivity contribution in [2.24, 2.45) is 0 Å². The van der Waals surface area contributed by atoms with Crippen LogP contribution in [-0.2, 0) is 0 Å². The van der Waals surface area contributed by atoms with Crippen molar-refractivity contribution < 1.29 is 4.42 Å². The van der Waals surface area contributed by atoms with Crippen LogP contribution in [0.25, 0.3) is 75.5 Å². The van der Waals surface area contributed by atoms with Crippen LogP contribution in [-0.4, -0.2) is 0 Å². The molecule has 2 nitrogen and oxygen atoms in total. The fraction of sp³-hybridized carbons (Fsp3) is 0. The van der Waals surface area contributed by atoms with Gasteiger partial charge in [0, 0.05) is 47.9 Å². The van der Waals surface area contributed by atoms with Crippen LogP contribution in [0, 0.1) is 0 Å². The Labute approximate surface area is 300 Å². The summed E-state index contributed by atoms with van der Waals surface area (Å²) in [5.41, 5.74) is 12.1. The average Bonchev–Trinajstić information content (AvgIpc) is 3.77. The zero-order valence-corrected chi connectivity index (χ0v) is 28.5. The zero-order valence-electron chi connectivity index (χ0n) is 27.7. The van der Waals surface area contributed by atoms with Gasteiger partial charge in [0.25, 0.3) is 0 Å². The number of fused-ring (bicyclic) bond motifs is 6. The van der Waals surface area contributed by atoms with E-state index in [4.69, 9.17) is 4.42 Å². The van der Waals surface area contributed by atoms with Gasteiger partial charge in [-0.3, -0.25) is 0 Å². The van der Waals surface area contributed by atoms with Gasteiger partial charge >= 0.3 is 0 Å². The fourth-order valence-corrected chi connectivity index (χ4v) is 8.69. The summed E-state index contributed by atoms with van der Waals surface area (Å²) in [4.78, 5) is 2.43. The van der Waals surface area contributed by atoms with E-state index in [0.717, 1.165) is 50.1 Å². The minimum Gasteiger partial charge on any atom is -0.456 e. The second-order valence-electron chi connectivity index (χ2n) is 12.9. The number of furan rings is 1. The summed E-state index contributed by atoms with van der Waals surface area (Å²) < 4.78 is 9.11. The van der Waals surface area contributed by atoms with Crippen LogP contribution in [0.4, 0.5) is 17.1 Å². The molecule has 0 amide bonds. The predicted molar refractivity (Wildman–Crippen MR) is 218 cm³/mol. The topological polar surface area (TPSA) is 16.4 Å². The molecular formula is C48H31NOS. The first-order valence-corrected chi connectivity index (χ1v) is 18.1. The highest BCUT2D eigenvalue weighted by Gasteiger charge is 2.25. The largest absolute Gasteiger partial charge is 0.456 e. The second kappa shape index (κ2) is 12.2. The lowest BCUT2D eigenvalue weighted by Crippen LogP contribution is -2.11. The Hall–Kier alpha value is -6.42. The molecule has 0 saturated heterocycles. The first kappa shape index (κ1) is 29.5. The van der Waals surface area contributed by atoms with E-state index in [1.54, 1.807) is 0 Å².